The second kappa shape index (κ2) is 4.74. The van der Waals surface area contributed by atoms with E-state index in [-0.39, 0.29) is 11.3 Å². The molecule has 17 heavy (non-hydrogen) atoms. The van der Waals surface area contributed by atoms with Gasteiger partial charge in [0.25, 0.3) is 5.56 Å². The van der Waals surface area contributed by atoms with E-state index in [0.29, 0.717) is 20.7 Å². The molecule has 2 rings (SSSR count). The fraction of sp³-hybridized carbons (Fsp3) is 0.0909. The predicted octanol–water partition coefficient (Wildman–Crippen LogP) is 1.76. The van der Waals surface area contributed by atoms with Gasteiger partial charge in [-0.3, -0.25) is 4.79 Å². The van der Waals surface area contributed by atoms with E-state index in [0.717, 1.165) is 0 Å². The van der Waals surface area contributed by atoms with Crippen molar-refractivity contribution in [2.45, 2.75) is 0 Å². The maximum atomic E-state index is 11.4. The Hall–Kier alpha value is -1.57. The van der Waals surface area contributed by atoms with E-state index in [2.05, 4.69) is 9.97 Å². The molecule has 0 unspecified atom stereocenters. The standard InChI is InChI=1S/C11H9IN2O3/c1-17-9-3-2-6(4-8(9)15)10-13-5-7(12)11(16)14-10/h2-5,15H,1H3,(H,13,14,16). The number of H-pyrrole nitrogens is 1. The molecule has 0 atom stereocenters. The van der Waals surface area contributed by atoms with E-state index in [1.165, 1.54) is 19.4 Å². The van der Waals surface area contributed by atoms with Crippen LogP contribution in [0.15, 0.2) is 29.2 Å². The van der Waals surface area contributed by atoms with Crippen molar-refractivity contribution in [3.05, 3.63) is 38.3 Å². The number of aromatic hydroxyl groups is 1. The predicted molar refractivity (Wildman–Crippen MR) is 71.2 cm³/mol. The van der Waals surface area contributed by atoms with Crippen LogP contribution in [0.4, 0.5) is 0 Å². The Kier molecular flexibility index (Phi) is 3.32. The third-order valence-corrected chi connectivity index (χ3v) is 2.98. The number of ether oxygens (including phenoxy) is 1. The first-order valence-corrected chi connectivity index (χ1v) is 5.82. The van der Waals surface area contributed by atoms with E-state index in [1.54, 1.807) is 12.1 Å². The van der Waals surface area contributed by atoms with E-state index < -0.39 is 0 Å². The molecular formula is C11H9IN2O3. The van der Waals surface area contributed by atoms with Crippen LogP contribution >= 0.6 is 22.6 Å². The quantitative estimate of drug-likeness (QED) is 0.814. The highest BCUT2D eigenvalue weighted by molar-refractivity contribution is 14.1. The smallest absolute Gasteiger partial charge is 0.264 e. The molecule has 2 aromatic rings. The first-order valence-electron chi connectivity index (χ1n) is 4.74. The SMILES string of the molecule is COc1ccc(-c2ncc(I)c(=O)[nH]2)cc1O. The molecule has 5 nitrogen and oxygen atoms in total. The number of rotatable bonds is 2. The Morgan fingerprint density at radius 2 is 2.24 bits per heavy atom. The molecule has 1 heterocycles. The average molecular weight is 344 g/mol. The second-order valence-corrected chi connectivity index (χ2v) is 4.46. The summed E-state index contributed by atoms with van der Waals surface area (Å²) in [7, 11) is 1.47. The molecule has 0 aliphatic carbocycles. The monoisotopic (exact) mass is 344 g/mol. The lowest BCUT2D eigenvalue weighted by molar-refractivity contribution is 0.373. The molecule has 0 spiro atoms. The normalized spacial score (nSPS) is 10.2. The topological polar surface area (TPSA) is 75.2 Å². The van der Waals surface area contributed by atoms with E-state index in [1.807, 2.05) is 22.6 Å². The molecule has 0 aliphatic heterocycles. The molecule has 0 radical (unpaired) electrons. The summed E-state index contributed by atoms with van der Waals surface area (Å²) in [4.78, 5) is 18.2. The van der Waals surface area contributed by atoms with Crippen LogP contribution in [0, 0.1) is 3.57 Å². The number of nitrogens with one attached hydrogen (secondary N) is 1. The molecule has 1 aromatic heterocycles. The summed E-state index contributed by atoms with van der Waals surface area (Å²) in [5, 5.41) is 9.63. The van der Waals surface area contributed by atoms with Gasteiger partial charge in [0.1, 0.15) is 5.82 Å². The fourth-order valence-electron chi connectivity index (χ4n) is 1.36. The van der Waals surface area contributed by atoms with Gasteiger partial charge >= 0.3 is 0 Å². The zero-order valence-corrected chi connectivity index (χ0v) is 11.1. The molecule has 0 aliphatic rings. The Balaban J connectivity index is 2.50. The average Bonchev–Trinajstić information content (AvgIpc) is 2.32. The van der Waals surface area contributed by atoms with Gasteiger partial charge < -0.3 is 14.8 Å². The highest BCUT2D eigenvalue weighted by atomic mass is 127. The molecule has 0 bridgehead atoms. The van der Waals surface area contributed by atoms with Gasteiger partial charge in [-0.2, -0.15) is 0 Å². The lowest BCUT2D eigenvalue weighted by atomic mass is 10.2. The summed E-state index contributed by atoms with van der Waals surface area (Å²) in [5.41, 5.74) is 0.419. The van der Waals surface area contributed by atoms with E-state index >= 15 is 0 Å². The summed E-state index contributed by atoms with van der Waals surface area (Å²) in [6.45, 7) is 0. The largest absolute Gasteiger partial charge is 0.504 e. The maximum absolute atomic E-state index is 11.4. The molecule has 0 saturated heterocycles. The van der Waals surface area contributed by atoms with Crippen molar-refractivity contribution in [2.24, 2.45) is 0 Å². The van der Waals surface area contributed by atoms with Crippen molar-refractivity contribution < 1.29 is 9.84 Å². The van der Waals surface area contributed by atoms with Gasteiger partial charge in [-0.05, 0) is 40.8 Å². The van der Waals surface area contributed by atoms with Crippen LogP contribution in [0.25, 0.3) is 11.4 Å². The van der Waals surface area contributed by atoms with Crippen molar-refractivity contribution in [1.82, 2.24) is 9.97 Å². The number of methoxy groups -OCH3 is 1. The van der Waals surface area contributed by atoms with Gasteiger partial charge in [0, 0.05) is 11.8 Å². The van der Waals surface area contributed by atoms with Gasteiger partial charge in [0.05, 0.1) is 10.7 Å². The highest BCUT2D eigenvalue weighted by Crippen LogP contribution is 2.29. The van der Waals surface area contributed by atoms with Crippen molar-refractivity contribution in [3.8, 4) is 22.9 Å². The van der Waals surface area contributed by atoms with Crippen LogP contribution in [-0.4, -0.2) is 22.2 Å². The number of halogens is 1. The molecule has 6 heteroatoms. The number of benzene rings is 1. The Labute approximate surface area is 111 Å². The number of aromatic amines is 1. The minimum atomic E-state index is -0.203. The minimum Gasteiger partial charge on any atom is -0.504 e. The zero-order chi connectivity index (χ0) is 12.4. The van der Waals surface area contributed by atoms with Crippen LogP contribution < -0.4 is 10.3 Å². The van der Waals surface area contributed by atoms with Crippen LogP contribution in [0.2, 0.25) is 0 Å². The minimum absolute atomic E-state index is 0.00574. The molecule has 88 valence electrons. The number of aromatic nitrogens is 2. The van der Waals surface area contributed by atoms with E-state index in [4.69, 9.17) is 4.74 Å². The van der Waals surface area contributed by atoms with Gasteiger partial charge in [-0.1, -0.05) is 0 Å². The number of hydrogen-bond acceptors (Lipinski definition) is 4. The Bertz CT molecular complexity index is 610. The lowest BCUT2D eigenvalue weighted by Crippen LogP contribution is -2.11. The molecule has 0 saturated carbocycles. The fourth-order valence-corrected chi connectivity index (χ4v) is 1.64. The Morgan fingerprint density at radius 1 is 1.47 bits per heavy atom. The van der Waals surface area contributed by atoms with Crippen LogP contribution in [0.1, 0.15) is 0 Å². The van der Waals surface area contributed by atoms with Crippen molar-refractivity contribution in [3.63, 3.8) is 0 Å². The van der Waals surface area contributed by atoms with Crippen LogP contribution in [-0.2, 0) is 0 Å². The van der Waals surface area contributed by atoms with Crippen LogP contribution in [0.3, 0.4) is 0 Å². The number of nitrogens with zero attached hydrogens (tertiary/aromatic N) is 1. The summed E-state index contributed by atoms with van der Waals surface area (Å²) < 4.78 is 5.45. The number of phenolic OH excluding ortho intramolecular Hbond substituents is 1. The summed E-state index contributed by atoms with van der Waals surface area (Å²) >= 11 is 1.90. The molecule has 0 amide bonds. The van der Waals surface area contributed by atoms with Crippen LogP contribution in [0.5, 0.6) is 11.5 Å². The molecule has 2 N–H and O–H groups in total. The molecular weight excluding hydrogens is 335 g/mol. The highest BCUT2D eigenvalue weighted by Gasteiger charge is 2.07. The number of hydrogen-bond donors (Lipinski definition) is 2. The van der Waals surface area contributed by atoms with Crippen molar-refractivity contribution in [1.29, 1.82) is 0 Å². The maximum Gasteiger partial charge on any atom is 0.264 e. The van der Waals surface area contributed by atoms with Gasteiger partial charge in [0.15, 0.2) is 11.5 Å². The molecule has 1 aromatic carbocycles. The third kappa shape index (κ3) is 2.41. The summed E-state index contributed by atoms with van der Waals surface area (Å²) in [6.07, 6.45) is 1.48. The third-order valence-electron chi connectivity index (χ3n) is 2.21. The first kappa shape index (κ1) is 11.9. The van der Waals surface area contributed by atoms with E-state index in [9.17, 15) is 9.90 Å². The second-order valence-electron chi connectivity index (χ2n) is 3.30. The molecule has 0 fully saturated rings. The Morgan fingerprint density at radius 3 is 2.82 bits per heavy atom. The van der Waals surface area contributed by atoms with Crippen molar-refractivity contribution in [2.75, 3.05) is 7.11 Å². The number of phenols is 1. The van der Waals surface area contributed by atoms with Gasteiger partial charge in [-0.15, -0.1) is 0 Å². The zero-order valence-electron chi connectivity index (χ0n) is 8.90. The summed E-state index contributed by atoms with van der Waals surface area (Å²) in [5.74, 6) is 0.793. The van der Waals surface area contributed by atoms with Crippen molar-refractivity contribution >= 4 is 22.6 Å². The van der Waals surface area contributed by atoms with Gasteiger partial charge in [-0.25, -0.2) is 4.98 Å². The first-order chi connectivity index (χ1) is 8.11. The summed E-state index contributed by atoms with van der Waals surface area (Å²) in [6, 6.07) is 4.82. The lowest BCUT2D eigenvalue weighted by Gasteiger charge is -2.05. The van der Waals surface area contributed by atoms with Gasteiger partial charge in [0.2, 0.25) is 0 Å².